The lowest BCUT2D eigenvalue weighted by atomic mass is 9.82. The SMILES string of the molecule is CC1(CNc2ncnc(NN)c2[N+](=O)[O-])CCOCC1. The van der Waals surface area contributed by atoms with Crippen LogP contribution in [0.2, 0.25) is 0 Å². The predicted octanol–water partition coefficient (Wildman–Crippen LogP) is 0.899. The number of hydrazine groups is 1. The second-order valence-electron chi connectivity index (χ2n) is 5.10. The van der Waals surface area contributed by atoms with Crippen LogP contribution in [-0.4, -0.2) is 34.6 Å². The number of hydrogen-bond acceptors (Lipinski definition) is 8. The summed E-state index contributed by atoms with van der Waals surface area (Å²) >= 11 is 0. The Morgan fingerprint density at radius 2 is 2.10 bits per heavy atom. The van der Waals surface area contributed by atoms with E-state index in [0.29, 0.717) is 19.8 Å². The van der Waals surface area contributed by atoms with E-state index in [1.54, 1.807) is 0 Å². The van der Waals surface area contributed by atoms with Crippen molar-refractivity contribution in [3.8, 4) is 0 Å². The summed E-state index contributed by atoms with van der Waals surface area (Å²) in [7, 11) is 0. The van der Waals surface area contributed by atoms with Crippen molar-refractivity contribution in [2.75, 3.05) is 30.5 Å². The van der Waals surface area contributed by atoms with E-state index in [-0.39, 0.29) is 22.7 Å². The summed E-state index contributed by atoms with van der Waals surface area (Å²) in [4.78, 5) is 18.2. The number of nitrogens with two attached hydrogens (primary N) is 1. The minimum absolute atomic E-state index is 0.00960. The van der Waals surface area contributed by atoms with Crippen LogP contribution in [-0.2, 0) is 4.74 Å². The molecule has 2 rings (SSSR count). The van der Waals surface area contributed by atoms with E-state index in [1.807, 2.05) is 0 Å². The van der Waals surface area contributed by atoms with E-state index in [4.69, 9.17) is 10.6 Å². The third-order valence-corrected chi connectivity index (χ3v) is 3.52. The van der Waals surface area contributed by atoms with E-state index in [0.717, 1.165) is 12.8 Å². The molecule has 0 spiro atoms. The summed E-state index contributed by atoms with van der Waals surface area (Å²) < 4.78 is 5.33. The van der Waals surface area contributed by atoms with Crippen molar-refractivity contribution in [3.05, 3.63) is 16.4 Å². The normalized spacial score (nSPS) is 17.5. The highest BCUT2D eigenvalue weighted by molar-refractivity contribution is 5.68. The molecule has 9 nitrogen and oxygen atoms in total. The van der Waals surface area contributed by atoms with Crippen LogP contribution >= 0.6 is 0 Å². The van der Waals surface area contributed by atoms with Crippen molar-refractivity contribution < 1.29 is 9.66 Å². The zero-order valence-electron chi connectivity index (χ0n) is 11.3. The van der Waals surface area contributed by atoms with Gasteiger partial charge in [-0.25, -0.2) is 15.8 Å². The van der Waals surface area contributed by atoms with Gasteiger partial charge in [-0.05, 0) is 18.3 Å². The number of rotatable bonds is 5. The molecule has 1 aromatic heterocycles. The molecule has 9 heteroatoms. The topological polar surface area (TPSA) is 128 Å². The maximum atomic E-state index is 11.1. The van der Waals surface area contributed by atoms with Crippen LogP contribution in [0.25, 0.3) is 0 Å². The lowest BCUT2D eigenvalue weighted by Gasteiger charge is -2.33. The van der Waals surface area contributed by atoms with Gasteiger partial charge in [0, 0.05) is 19.8 Å². The lowest BCUT2D eigenvalue weighted by Crippen LogP contribution is -2.33. The largest absolute Gasteiger partial charge is 0.381 e. The van der Waals surface area contributed by atoms with Crippen LogP contribution in [0.4, 0.5) is 17.3 Å². The van der Waals surface area contributed by atoms with Gasteiger partial charge in [0.25, 0.3) is 0 Å². The number of ether oxygens (including phenoxy) is 1. The van der Waals surface area contributed by atoms with Crippen molar-refractivity contribution in [2.45, 2.75) is 19.8 Å². The molecule has 1 saturated heterocycles. The van der Waals surface area contributed by atoms with Crippen molar-refractivity contribution in [3.63, 3.8) is 0 Å². The van der Waals surface area contributed by atoms with E-state index in [1.165, 1.54) is 6.33 Å². The van der Waals surface area contributed by atoms with Gasteiger partial charge in [0.15, 0.2) is 0 Å². The number of nitro groups is 1. The van der Waals surface area contributed by atoms with Gasteiger partial charge in [0.05, 0.1) is 4.92 Å². The Labute approximate surface area is 116 Å². The molecule has 0 unspecified atom stereocenters. The molecule has 2 heterocycles. The predicted molar refractivity (Wildman–Crippen MR) is 73.1 cm³/mol. The molecule has 0 amide bonds. The fourth-order valence-corrected chi connectivity index (χ4v) is 2.12. The Morgan fingerprint density at radius 1 is 1.45 bits per heavy atom. The first-order valence-electron chi connectivity index (χ1n) is 6.33. The van der Waals surface area contributed by atoms with Crippen LogP contribution in [0.1, 0.15) is 19.8 Å². The summed E-state index contributed by atoms with van der Waals surface area (Å²) in [6.07, 6.45) is 3.04. The summed E-state index contributed by atoms with van der Waals surface area (Å²) in [5.74, 6) is 5.40. The molecule has 0 aromatic carbocycles. The fourth-order valence-electron chi connectivity index (χ4n) is 2.12. The monoisotopic (exact) mass is 282 g/mol. The molecule has 0 saturated carbocycles. The average Bonchev–Trinajstić information content (AvgIpc) is 2.45. The second kappa shape index (κ2) is 5.97. The molecule has 4 N–H and O–H groups in total. The van der Waals surface area contributed by atoms with E-state index < -0.39 is 4.92 Å². The highest BCUT2D eigenvalue weighted by atomic mass is 16.6. The maximum absolute atomic E-state index is 11.1. The first kappa shape index (κ1) is 14.4. The number of nitrogens with zero attached hydrogens (tertiary/aromatic N) is 3. The molecule has 110 valence electrons. The Kier molecular flexibility index (Phi) is 4.30. The Morgan fingerprint density at radius 3 is 2.70 bits per heavy atom. The maximum Gasteiger partial charge on any atom is 0.354 e. The Balaban J connectivity index is 2.14. The number of nitrogens with one attached hydrogen (secondary N) is 2. The van der Waals surface area contributed by atoms with Crippen LogP contribution in [0.5, 0.6) is 0 Å². The molecule has 1 aliphatic rings. The standard InChI is InChI=1S/C11H18N6O3/c1-11(2-4-20-5-3-11)6-13-9-8(17(18)19)10(16-12)15-7-14-9/h7H,2-6,12H2,1H3,(H2,13,14,15,16). The van der Waals surface area contributed by atoms with Gasteiger partial charge in [-0.15, -0.1) is 0 Å². The summed E-state index contributed by atoms with van der Waals surface area (Å²) in [5.41, 5.74) is 2.00. The van der Waals surface area contributed by atoms with Gasteiger partial charge in [-0.1, -0.05) is 6.92 Å². The van der Waals surface area contributed by atoms with Gasteiger partial charge in [0.1, 0.15) is 6.33 Å². The van der Waals surface area contributed by atoms with E-state index in [9.17, 15) is 10.1 Å². The number of anilines is 2. The average molecular weight is 282 g/mol. The minimum atomic E-state index is -0.552. The van der Waals surface area contributed by atoms with Gasteiger partial charge >= 0.3 is 5.69 Å². The molecule has 1 aliphatic heterocycles. The van der Waals surface area contributed by atoms with Gasteiger partial charge in [0.2, 0.25) is 11.6 Å². The Hall–Kier alpha value is -2.00. The quantitative estimate of drug-likeness (QED) is 0.413. The van der Waals surface area contributed by atoms with Crippen LogP contribution in [0.15, 0.2) is 6.33 Å². The minimum Gasteiger partial charge on any atom is -0.381 e. The number of hydrogen-bond donors (Lipinski definition) is 3. The van der Waals surface area contributed by atoms with Crippen LogP contribution in [0.3, 0.4) is 0 Å². The lowest BCUT2D eigenvalue weighted by molar-refractivity contribution is -0.383. The first-order chi connectivity index (χ1) is 9.56. The van der Waals surface area contributed by atoms with Crippen LogP contribution in [0, 0.1) is 15.5 Å². The second-order valence-corrected chi connectivity index (χ2v) is 5.10. The summed E-state index contributed by atoms with van der Waals surface area (Å²) in [5, 5.41) is 14.1. The van der Waals surface area contributed by atoms with Crippen molar-refractivity contribution in [2.24, 2.45) is 11.3 Å². The number of aromatic nitrogens is 2. The van der Waals surface area contributed by atoms with Crippen molar-refractivity contribution in [1.29, 1.82) is 0 Å². The zero-order chi connectivity index (χ0) is 14.6. The number of nitrogen functional groups attached to an aromatic ring is 1. The third kappa shape index (κ3) is 3.11. The Bertz CT molecular complexity index is 489. The molecule has 1 aromatic rings. The smallest absolute Gasteiger partial charge is 0.354 e. The molecule has 20 heavy (non-hydrogen) atoms. The van der Waals surface area contributed by atoms with E-state index >= 15 is 0 Å². The fraction of sp³-hybridized carbons (Fsp3) is 0.636. The summed E-state index contributed by atoms with van der Waals surface area (Å²) in [6.45, 7) is 4.12. The highest BCUT2D eigenvalue weighted by Gasteiger charge is 2.29. The van der Waals surface area contributed by atoms with E-state index in [2.05, 4.69) is 27.6 Å². The molecular formula is C11H18N6O3. The summed E-state index contributed by atoms with van der Waals surface area (Å²) in [6, 6.07) is 0. The molecule has 0 radical (unpaired) electrons. The molecule has 1 fully saturated rings. The van der Waals surface area contributed by atoms with Gasteiger partial charge in [-0.3, -0.25) is 10.1 Å². The van der Waals surface area contributed by atoms with Gasteiger partial charge < -0.3 is 15.5 Å². The molecule has 0 atom stereocenters. The highest BCUT2D eigenvalue weighted by Crippen LogP contribution is 2.32. The molecule has 0 bridgehead atoms. The third-order valence-electron chi connectivity index (χ3n) is 3.52. The zero-order valence-corrected chi connectivity index (χ0v) is 11.3. The van der Waals surface area contributed by atoms with Crippen molar-refractivity contribution >= 4 is 17.3 Å². The molecular weight excluding hydrogens is 264 g/mol. The van der Waals surface area contributed by atoms with Gasteiger partial charge in [-0.2, -0.15) is 0 Å². The molecule has 0 aliphatic carbocycles. The first-order valence-corrected chi connectivity index (χ1v) is 6.33. The van der Waals surface area contributed by atoms with Crippen molar-refractivity contribution in [1.82, 2.24) is 9.97 Å². The van der Waals surface area contributed by atoms with Crippen LogP contribution < -0.4 is 16.6 Å².